The van der Waals surface area contributed by atoms with Crippen LogP contribution in [0.1, 0.15) is 5.56 Å². The van der Waals surface area contributed by atoms with Crippen molar-refractivity contribution in [1.82, 2.24) is 5.32 Å². The van der Waals surface area contributed by atoms with Crippen LogP contribution in [-0.2, 0) is 6.42 Å². The standard InChI is InChI=1S/C11H16BrNO2/c1-13-7-9(14)5-8-6-10(15-2)3-4-11(8)12/h3-4,6,9,13-14H,5,7H2,1-2H3. The molecule has 84 valence electrons. The van der Waals surface area contributed by atoms with Crippen LogP contribution < -0.4 is 10.1 Å². The lowest BCUT2D eigenvalue weighted by Crippen LogP contribution is -2.25. The van der Waals surface area contributed by atoms with E-state index in [1.807, 2.05) is 25.2 Å². The van der Waals surface area contributed by atoms with Crippen molar-refractivity contribution in [3.63, 3.8) is 0 Å². The summed E-state index contributed by atoms with van der Waals surface area (Å²) in [5, 5.41) is 12.6. The molecule has 2 N–H and O–H groups in total. The lowest BCUT2D eigenvalue weighted by molar-refractivity contribution is 0.174. The topological polar surface area (TPSA) is 41.5 Å². The maximum atomic E-state index is 9.67. The van der Waals surface area contributed by atoms with E-state index in [0.29, 0.717) is 13.0 Å². The summed E-state index contributed by atoms with van der Waals surface area (Å²) in [4.78, 5) is 0. The van der Waals surface area contributed by atoms with Crippen molar-refractivity contribution in [2.45, 2.75) is 12.5 Å². The molecule has 0 heterocycles. The number of nitrogens with one attached hydrogen (secondary N) is 1. The first-order valence-electron chi connectivity index (χ1n) is 4.82. The molecule has 0 aliphatic heterocycles. The minimum Gasteiger partial charge on any atom is -0.497 e. The normalized spacial score (nSPS) is 12.5. The summed E-state index contributed by atoms with van der Waals surface area (Å²) in [5.74, 6) is 0.810. The molecule has 3 nitrogen and oxygen atoms in total. The Kier molecular flexibility index (Phi) is 5.08. The number of methoxy groups -OCH3 is 1. The Morgan fingerprint density at radius 1 is 1.53 bits per heavy atom. The molecular formula is C11H16BrNO2. The number of benzene rings is 1. The van der Waals surface area contributed by atoms with Crippen molar-refractivity contribution in [3.05, 3.63) is 28.2 Å². The fourth-order valence-corrected chi connectivity index (χ4v) is 1.80. The van der Waals surface area contributed by atoms with Gasteiger partial charge in [0.05, 0.1) is 13.2 Å². The van der Waals surface area contributed by atoms with E-state index in [4.69, 9.17) is 4.74 Å². The van der Waals surface area contributed by atoms with Gasteiger partial charge in [0, 0.05) is 17.4 Å². The van der Waals surface area contributed by atoms with E-state index in [1.165, 1.54) is 0 Å². The quantitative estimate of drug-likeness (QED) is 0.856. The zero-order chi connectivity index (χ0) is 11.3. The van der Waals surface area contributed by atoms with Crippen LogP contribution in [-0.4, -0.2) is 31.9 Å². The van der Waals surface area contributed by atoms with Gasteiger partial charge in [-0.2, -0.15) is 0 Å². The van der Waals surface area contributed by atoms with Crippen molar-refractivity contribution in [2.24, 2.45) is 0 Å². The number of likely N-dealkylation sites (N-methyl/N-ethyl adjacent to an activating group) is 1. The molecule has 0 spiro atoms. The lowest BCUT2D eigenvalue weighted by Gasteiger charge is -2.12. The van der Waals surface area contributed by atoms with Crippen molar-refractivity contribution < 1.29 is 9.84 Å². The maximum Gasteiger partial charge on any atom is 0.119 e. The molecule has 1 unspecified atom stereocenters. The van der Waals surface area contributed by atoms with Gasteiger partial charge in [0.1, 0.15) is 5.75 Å². The van der Waals surface area contributed by atoms with Gasteiger partial charge < -0.3 is 15.2 Å². The van der Waals surface area contributed by atoms with Crippen LogP contribution in [0.3, 0.4) is 0 Å². The molecule has 1 aromatic rings. The summed E-state index contributed by atoms with van der Waals surface area (Å²) < 4.78 is 6.13. The van der Waals surface area contributed by atoms with Gasteiger partial charge in [-0.05, 0) is 30.8 Å². The number of halogens is 1. The minimum absolute atomic E-state index is 0.376. The lowest BCUT2D eigenvalue weighted by atomic mass is 10.1. The number of ether oxygens (including phenoxy) is 1. The van der Waals surface area contributed by atoms with Crippen LogP contribution in [0.5, 0.6) is 5.75 Å². The highest BCUT2D eigenvalue weighted by molar-refractivity contribution is 9.10. The van der Waals surface area contributed by atoms with E-state index < -0.39 is 0 Å². The Morgan fingerprint density at radius 3 is 2.87 bits per heavy atom. The first kappa shape index (κ1) is 12.5. The van der Waals surface area contributed by atoms with E-state index in [2.05, 4.69) is 21.2 Å². The number of hydrogen-bond acceptors (Lipinski definition) is 3. The number of hydrogen-bond donors (Lipinski definition) is 2. The van der Waals surface area contributed by atoms with Crippen LogP contribution in [0.25, 0.3) is 0 Å². The van der Waals surface area contributed by atoms with Gasteiger partial charge in [-0.3, -0.25) is 0 Å². The highest BCUT2D eigenvalue weighted by Gasteiger charge is 2.08. The number of aliphatic hydroxyl groups excluding tert-OH is 1. The van der Waals surface area contributed by atoms with Gasteiger partial charge >= 0.3 is 0 Å². The Morgan fingerprint density at radius 2 is 2.27 bits per heavy atom. The minimum atomic E-state index is -0.376. The molecule has 1 atom stereocenters. The molecule has 0 amide bonds. The van der Waals surface area contributed by atoms with E-state index in [0.717, 1.165) is 15.8 Å². The van der Waals surface area contributed by atoms with Gasteiger partial charge in [-0.25, -0.2) is 0 Å². The molecule has 1 rings (SSSR count). The first-order valence-corrected chi connectivity index (χ1v) is 5.61. The molecule has 1 aromatic carbocycles. The fourth-order valence-electron chi connectivity index (χ4n) is 1.40. The van der Waals surface area contributed by atoms with E-state index in [9.17, 15) is 5.11 Å². The van der Waals surface area contributed by atoms with Crippen molar-refractivity contribution in [1.29, 1.82) is 0 Å². The number of rotatable bonds is 5. The smallest absolute Gasteiger partial charge is 0.119 e. The third-order valence-electron chi connectivity index (χ3n) is 2.15. The average Bonchev–Trinajstić information content (AvgIpc) is 2.21. The molecule has 0 fully saturated rings. The van der Waals surface area contributed by atoms with Gasteiger partial charge in [0.15, 0.2) is 0 Å². The predicted octanol–water partition coefficient (Wildman–Crippen LogP) is 1.58. The average molecular weight is 274 g/mol. The molecule has 0 aromatic heterocycles. The zero-order valence-electron chi connectivity index (χ0n) is 8.96. The Balaban J connectivity index is 2.74. The summed E-state index contributed by atoms with van der Waals surface area (Å²) in [6, 6.07) is 5.75. The van der Waals surface area contributed by atoms with Gasteiger partial charge in [0.25, 0.3) is 0 Å². The largest absolute Gasteiger partial charge is 0.497 e. The summed E-state index contributed by atoms with van der Waals surface area (Å²) >= 11 is 3.45. The predicted molar refractivity (Wildman–Crippen MR) is 64.3 cm³/mol. The van der Waals surface area contributed by atoms with Gasteiger partial charge in [-0.1, -0.05) is 15.9 Å². The van der Waals surface area contributed by atoms with Gasteiger partial charge in [-0.15, -0.1) is 0 Å². The van der Waals surface area contributed by atoms with Crippen molar-refractivity contribution in [3.8, 4) is 5.75 Å². The molecule has 0 aliphatic rings. The molecule has 15 heavy (non-hydrogen) atoms. The molecule has 0 saturated heterocycles. The van der Waals surface area contributed by atoms with Crippen LogP contribution in [0.2, 0.25) is 0 Å². The Hall–Kier alpha value is -0.580. The summed E-state index contributed by atoms with van der Waals surface area (Å²) in [5.41, 5.74) is 1.05. The van der Waals surface area contributed by atoms with Crippen LogP contribution >= 0.6 is 15.9 Å². The highest BCUT2D eigenvalue weighted by atomic mass is 79.9. The van der Waals surface area contributed by atoms with Crippen LogP contribution in [0.15, 0.2) is 22.7 Å². The van der Waals surface area contributed by atoms with Crippen LogP contribution in [0.4, 0.5) is 0 Å². The van der Waals surface area contributed by atoms with E-state index >= 15 is 0 Å². The first-order chi connectivity index (χ1) is 7.17. The molecule has 0 saturated carbocycles. The fraction of sp³-hybridized carbons (Fsp3) is 0.455. The monoisotopic (exact) mass is 273 g/mol. The third kappa shape index (κ3) is 3.81. The second kappa shape index (κ2) is 6.10. The third-order valence-corrected chi connectivity index (χ3v) is 2.92. The molecule has 4 heteroatoms. The Labute approximate surface area is 98.6 Å². The summed E-state index contributed by atoms with van der Waals surface area (Å²) in [6.45, 7) is 0.587. The zero-order valence-corrected chi connectivity index (χ0v) is 10.5. The molecule has 0 radical (unpaired) electrons. The van der Waals surface area contributed by atoms with Crippen LogP contribution in [0, 0.1) is 0 Å². The van der Waals surface area contributed by atoms with Gasteiger partial charge in [0.2, 0.25) is 0 Å². The van der Waals surface area contributed by atoms with Crippen molar-refractivity contribution in [2.75, 3.05) is 20.7 Å². The van der Waals surface area contributed by atoms with E-state index in [1.54, 1.807) is 7.11 Å². The highest BCUT2D eigenvalue weighted by Crippen LogP contribution is 2.23. The van der Waals surface area contributed by atoms with E-state index in [-0.39, 0.29) is 6.10 Å². The molecule has 0 aliphatic carbocycles. The Bertz CT molecular complexity index is 317. The number of aliphatic hydroxyl groups is 1. The maximum absolute atomic E-state index is 9.67. The summed E-state index contributed by atoms with van der Waals surface area (Å²) in [6.07, 6.45) is 0.233. The van der Waals surface area contributed by atoms with Crippen molar-refractivity contribution >= 4 is 15.9 Å². The second-order valence-corrected chi connectivity index (χ2v) is 4.23. The SMILES string of the molecule is CNCC(O)Cc1cc(OC)ccc1Br. The summed E-state index contributed by atoms with van der Waals surface area (Å²) in [7, 11) is 3.46. The molecular weight excluding hydrogens is 258 g/mol. The molecule has 0 bridgehead atoms. The second-order valence-electron chi connectivity index (χ2n) is 3.37.